The second kappa shape index (κ2) is 5.52. The van der Waals surface area contributed by atoms with E-state index in [4.69, 9.17) is 9.84 Å². The maximum atomic E-state index is 9.09. The Hall–Kier alpha value is -0.540. The molecule has 0 aliphatic heterocycles. The minimum atomic E-state index is 0.0593. The van der Waals surface area contributed by atoms with Crippen LogP contribution >= 0.6 is 15.9 Å². The van der Waals surface area contributed by atoms with Crippen LogP contribution in [0.3, 0.4) is 0 Å². The zero-order chi connectivity index (χ0) is 11.4. The van der Waals surface area contributed by atoms with Gasteiger partial charge in [0.2, 0.25) is 0 Å². The number of aliphatic hydroxyl groups excluding tert-OH is 1. The Morgan fingerprint density at radius 1 is 1.47 bits per heavy atom. The maximum Gasteiger partial charge on any atom is 0.134 e. The fourth-order valence-corrected chi connectivity index (χ4v) is 1.97. The van der Waals surface area contributed by atoms with Gasteiger partial charge in [-0.3, -0.25) is 0 Å². The molecule has 0 saturated heterocycles. The highest BCUT2D eigenvalue weighted by molar-refractivity contribution is 9.10. The highest BCUT2D eigenvalue weighted by atomic mass is 79.9. The summed E-state index contributed by atoms with van der Waals surface area (Å²) < 4.78 is 6.55. The van der Waals surface area contributed by atoms with Crippen LogP contribution in [0.1, 0.15) is 26.3 Å². The Balaban J connectivity index is 3.00. The Labute approximate surface area is 99.4 Å². The van der Waals surface area contributed by atoms with Crippen LogP contribution in [0.15, 0.2) is 22.7 Å². The molecule has 0 aromatic heterocycles. The van der Waals surface area contributed by atoms with Gasteiger partial charge in [0.05, 0.1) is 17.2 Å². The maximum absolute atomic E-state index is 9.09. The van der Waals surface area contributed by atoms with Crippen molar-refractivity contribution >= 4 is 15.9 Å². The van der Waals surface area contributed by atoms with Crippen LogP contribution in [0, 0.1) is 5.92 Å². The number of ether oxygens (including phenoxy) is 1. The molecule has 0 amide bonds. The molecule has 0 bridgehead atoms. The third-order valence-corrected chi connectivity index (χ3v) is 2.84. The van der Waals surface area contributed by atoms with Crippen LogP contribution in [0.2, 0.25) is 0 Å². The summed E-state index contributed by atoms with van der Waals surface area (Å²) >= 11 is 3.49. The third kappa shape index (κ3) is 3.21. The molecule has 0 atom stereocenters. The Bertz CT molecular complexity index is 323. The van der Waals surface area contributed by atoms with E-state index in [0.29, 0.717) is 0 Å². The van der Waals surface area contributed by atoms with Gasteiger partial charge in [-0.15, -0.1) is 0 Å². The lowest BCUT2D eigenvalue weighted by atomic mass is 10.0. The number of benzene rings is 1. The second-order valence-corrected chi connectivity index (χ2v) is 4.52. The summed E-state index contributed by atoms with van der Waals surface area (Å²) in [5.41, 5.74) is 0.996. The predicted octanol–water partition coefficient (Wildman–Crippen LogP) is 3.17. The van der Waals surface area contributed by atoms with E-state index in [0.717, 1.165) is 21.7 Å². The van der Waals surface area contributed by atoms with Crippen molar-refractivity contribution in [3.8, 4) is 5.75 Å². The van der Waals surface area contributed by atoms with E-state index >= 15 is 0 Å². The smallest absolute Gasteiger partial charge is 0.134 e. The molecule has 0 aliphatic rings. The Morgan fingerprint density at radius 3 is 2.67 bits per heavy atom. The van der Waals surface area contributed by atoms with Gasteiger partial charge in [-0.1, -0.05) is 19.1 Å². The van der Waals surface area contributed by atoms with Crippen LogP contribution in [-0.4, -0.2) is 17.8 Å². The molecule has 1 radical (unpaired) electrons. The zero-order valence-electron chi connectivity index (χ0n) is 9.25. The Kier molecular flexibility index (Phi) is 4.61. The van der Waals surface area contributed by atoms with Crippen molar-refractivity contribution < 1.29 is 9.84 Å². The standard InChI is InChI=1S/C12H16BrO2/c1-8(2)15-11-6-4-5-10(12(11)13)9(3)7-14/h4-6,8,14H,7H2,1-3H3. The van der Waals surface area contributed by atoms with Crippen LogP contribution in [0.4, 0.5) is 0 Å². The highest BCUT2D eigenvalue weighted by Gasteiger charge is 2.13. The van der Waals surface area contributed by atoms with Gasteiger partial charge in [0.25, 0.3) is 0 Å². The number of aliphatic hydroxyl groups is 1. The first-order valence-electron chi connectivity index (χ1n) is 4.95. The zero-order valence-corrected chi connectivity index (χ0v) is 10.8. The van der Waals surface area contributed by atoms with Crippen molar-refractivity contribution in [2.75, 3.05) is 6.61 Å². The average molecular weight is 272 g/mol. The van der Waals surface area contributed by atoms with E-state index in [-0.39, 0.29) is 12.7 Å². The van der Waals surface area contributed by atoms with E-state index in [1.54, 1.807) is 0 Å². The molecular formula is C12H16BrO2. The molecule has 0 heterocycles. The molecule has 0 aliphatic carbocycles. The van der Waals surface area contributed by atoms with Gasteiger partial charge in [0.15, 0.2) is 0 Å². The van der Waals surface area contributed by atoms with Crippen LogP contribution < -0.4 is 4.74 Å². The number of hydrogen-bond acceptors (Lipinski definition) is 2. The second-order valence-electron chi connectivity index (χ2n) is 3.72. The molecule has 0 spiro atoms. The van der Waals surface area contributed by atoms with Crippen molar-refractivity contribution in [2.24, 2.45) is 0 Å². The first-order chi connectivity index (χ1) is 7.06. The van der Waals surface area contributed by atoms with Gasteiger partial charge in [0.1, 0.15) is 5.75 Å². The first kappa shape index (κ1) is 12.5. The number of halogens is 1. The summed E-state index contributed by atoms with van der Waals surface area (Å²) in [6.07, 6.45) is 0.144. The fraction of sp³-hybridized carbons (Fsp3) is 0.417. The summed E-state index contributed by atoms with van der Waals surface area (Å²) in [5.74, 6) is 1.74. The molecule has 83 valence electrons. The predicted molar refractivity (Wildman–Crippen MR) is 65.0 cm³/mol. The summed E-state index contributed by atoms with van der Waals surface area (Å²) in [6.45, 7) is 5.94. The molecular weight excluding hydrogens is 256 g/mol. The number of hydrogen-bond donors (Lipinski definition) is 1. The molecule has 0 saturated carbocycles. The molecule has 1 aromatic rings. The molecule has 1 aromatic carbocycles. The van der Waals surface area contributed by atoms with Gasteiger partial charge >= 0.3 is 0 Å². The summed E-state index contributed by atoms with van der Waals surface area (Å²) in [7, 11) is 0. The van der Waals surface area contributed by atoms with Crippen molar-refractivity contribution in [2.45, 2.75) is 26.9 Å². The van der Waals surface area contributed by atoms with Crippen LogP contribution in [0.5, 0.6) is 5.75 Å². The summed E-state index contributed by atoms with van der Waals surface area (Å²) in [4.78, 5) is 0. The van der Waals surface area contributed by atoms with E-state index in [1.807, 2.05) is 39.0 Å². The van der Waals surface area contributed by atoms with Gasteiger partial charge in [0, 0.05) is 5.92 Å². The average Bonchev–Trinajstić information content (AvgIpc) is 2.19. The van der Waals surface area contributed by atoms with Crippen molar-refractivity contribution in [3.63, 3.8) is 0 Å². The SMILES string of the molecule is C[C](CO)c1cccc(OC(C)C)c1Br. The van der Waals surface area contributed by atoms with Crippen molar-refractivity contribution in [3.05, 3.63) is 34.2 Å². The monoisotopic (exact) mass is 271 g/mol. The van der Waals surface area contributed by atoms with Gasteiger partial charge in [-0.25, -0.2) is 0 Å². The quantitative estimate of drug-likeness (QED) is 0.912. The summed E-state index contributed by atoms with van der Waals surface area (Å²) in [5, 5.41) is 9.09. The van der Waals surface area contributed by atoms with Gasteiger partial charge in [-0.2, -0.15) is 0 Å². The normalized spacial score (nSPS) is 11.1. The van der Waals surface area contributed by atoms with Crippen LogP contribution in [-0.2, 0) is 0 Å². The third-order valence-electron chi connectivity index (χ3n) is 2.02. The number of rotatable bonds is 4. The molecule has 0 unspecified atom stereocenters. The first-order valence-corrected chi connectivity index (χ1v) is 5.74. The van der Waals surface area contributed by atoms with E-state index in [2.05, 4.69) is 15.9 Å². The van der Waals surface area contributed by atoms with Crippen molar-refractivity contribution in [1.29, 1.82) is 0 Å². The molecule has 3 heteroatoms. The van der Waals surface area contributed by atoms with E-state index in [9.17, 15) is 0 Å². The fourth-order valence-electron chi connectivity index (χ4n) is 1.27. The minimum Gasteiger partial charge on any atom is -0.490 e. The highest BCUT2D eigenvalue weighted by Crippen LogP contribution is 2.33. The topological polar surface area (TPSA) is 29.5 Å². The molecule has 1 N–H and O–H groups in total. The molecule has 15 heavy (non-hydrogen) atoms. The summed E-state index contributed by atoms with van der Waals surface area (Å²) in [6, 6.07) is 5.80. The van der Waals surface area contributed by atoms with Crippen LogP contribution in [0.25, 0.3) is 0 Å². The minimum absolute atomic E-state index is 0.0593. The van der Waals surface area contributed by atoms with Crippen molar-refractivity contribution in [1.82, 2.24) is 0 Å². The van der Waals surface area contributed by atoms with E-state index < -0.39 is 0 Å². The Morgan fingerprint density at radius 2 is 2.13 bits per heavy atom. The largest absolute Gasteiger partial charge is 0.490 e. The van der Waals surface area contributed by atoms with E-state index in [1.165, 1.54) is 0 Å². The molecule has 1 rings (SSSR count). The lowest BCUT2D eigenvalue weighted by molar-refractivity contribution is 0.240. The lowest BCUT2D eigenvalue weighted by Crippen LogP contribution is -2.08. The lowest BCUT2D eigenvalue weighted by Gasteiger charge is -2.16. The molecule has 0 fully saturated rings. The van der Waals surface area contributed by atoms with Gasteiger partial charge in [-0.05, 0) is 41.4 Å². The molecule has 2 nitrogen and oxygen atoms in total. The van der Waals surface area contributed by atoms with Gasteiger partial charge < -0.3 is 9.84 Å².